The van der Waals surface area contributed by atoms with Crippen molar-refractivity contribution < 1.29 is 18.8 Å². The quantitative estimate of drug-likeness (QED) is 0.0991. The Balaban J connectivity index is 1.06. The summed E-state index contributed by atoms with van der Waals surface area (Å²) in [5.74, 6) is -0.546. The number of rotatable bonds is 10. The van der Waals surface area contributed by atoms with Crippen molar-refractivity contribution in [1.82, 2.24) is 10.3 Å². The van der Waals surface area contributed by atoms with Crippen molar-refractivity contribution in [3.8, 4) is 11.5 Å². The third-order valence-electron chi connectivity index (χ3n) is 7.20. The van der Waals surface area contributed by atoms with Crippen molar-refractivity contribution >= 4 is 69.6 Å². The number of oxazole rings is 1. The number of halogens is 1. The number of para-hydroxylation sites is 2. The number of nitrogens with zero attached hydrogens (tertiary/aromatic N) is 1. The van der Waals surface area contributed by atoms with Crippen LogP contribution in [0.25, 0.3) is 28.6 Å². The minimum Gasteiger partial charge on any atom is -0.436 e. The molecule has 0 aliphatic rings. The van der Waals surface area contributed by atoms with Crippen LogP contribution in [0.3, 0.4) is 0 Å². The molecule has 3 N–H and O–H groups in total. The van der Waals surface area contributed by atoms with Crippen LogP contribution in [0.1, 0.15) is 22.8 Å². The first kappa shape index (κ1) is 32.3. The van der Waals surface area contributed by atoms with Crippen molar-refractivity contribution in [3.05, 3.63) is 149 Å². The number of fused-ring (bicyclic) bond motifs is 1. The van der Waals surface area contributed by atoms with Crippen molar-refractivity contribution in [2.75, 3.05) is 10.6 Å². The van der Waals surface area contributed by atoms with Crippen LogP contribution in [0.4, 0.5) is 11.4 Å². The molecule has 1 unspecified atom stereocenters. The molecule has 6 aromatic rings. The average molecular weight is 673 g/mol. The van der Waals surface area contributed by atoms with E-state index >= 15 is 0 Å². The van der Waals surface area contributed by atoms with E-state index in [2.05, 4.69) is 20.9 Å². The summed E-state index contributed by atoms with van der Waals surface area (Å²) < 4.78 is 5.83. The van der Waals surface area contributed by atoms with Crippen molar-refractivity contribution in [2.45, 2.75) is 17.1 Å². The molecule has 5 aromatic carbocycles. The summed E-state index contributed by atoms with van der Waals surface area (Å²) in [4.78, 5) is 44.5. The van der Waals surface area contributed by atoms with Crippen LogP contribution in [0.2, 0.25) is 5.02 Å². The number of aromatic nitrogens is 1. The number of hydrogen-bond acceptors (Lipinski definition) is 6. The minimum absolute atomic E-state index is 0.0665. The molecule has 0 bridgehead atoms. The van der Waals surface area contributed by atoms with E-state index in [1.807, 2.05) is 73.7 Å². The highest BCUT2D eigenvalue weighted by Crippen LogP contribution is 2.28. The van der Waals surface area contributed by atoms with Crippen LogP contribution in [0.5, 0.6) is 0 Å². The maximum absolute atomic E-state index is 13.3. The van der Waals surface area contributed by atoms with Gasteiger partial charge in [0.15, 0.2) is 5.58 Å². The third-order valence-corrected chi connectivity index (χ3v) is 8.56. The second-order valence-corrected chi connectivity index (χ2v) is 12.6. The molecular formula is C38H29ClN4O4S. The maximum Gasteiger partial charge on any atom is 0.272 e. The van der Waals surface area contributed by atoms with Gasteiger partial charge in [-0.15, -0.1) is 11.8 Å². The third kappa shape index (κ3) is 8.19. The Morgan fingerprint density at radius 1 is 0.771 bits per heavy atom. The molecule has 8 nitrogen and oxygen atoms in total. The van der Waals surface area contributed by atoms with E-state index in [0.29, 0.717) is 39.0 Å². The van der Waals surface area contributed by atoms with E-state index in [0.717, 1.165) is 16.0 Å². The Labute approximate surface area is 286 Å². The topological polar surface area (TPSA) is 113 Å². The SMILES string of the molecule is CC(Sc1ccc(NC(=O)/C(=C/c2ccc(Cl)cc2)NC(=O)c2ccccc2)cc1)C(=O)Nc1ccc(-c2nc3ccccc3o2)cc1. The normalized spacial score (nSPS) is 11.9. The Hall–Kier alpha value is -5.64. The van der Waals surface area contributed by atoms with Gasteiger partial charge in [0.2, 0.25) is 11.8 Å². The van der Waals surface area contributed by atoms with E-state index in [1.54, 1.807) is 66.7 Å². The summed E-state index contributed by atoms with van der Waals surface area (Å²) in [6, 6.07) is 37.6. The molecule has 10 heteroatoms. The van der Waals surface area contributed by atoms with Gasteiger partial charge in [0.1, 0.15) is 11.2 Å². The maximum atomic E-state index is 13.3. The molecule has 48 heavy (non-hydrogen) atoms. The fourth-order valence-corrected chi connectivity index (χ4v) is 5.67. The summed E-state index contributed by atoms with van der Waals surface area (Å²) in [6.45, 7) is 1.83. The predicted molar refractivity (Wildman–Crippen MR) is 192 cm³/mol. The lowest BCUT2D eigenvalue weighted by Gasteiger charge is -2.14. The molecule has 1 aromatic heterocycles. The zero-order valence-corrected chi connectivity index (χ0v) is 27.2. The summed E-state index contributed by atoms with van der Waals surface area (Å²) in [6.07, 6.45) is 1.58. The molecular weight excluding hydrogens is 644 g/mol. The number of hydrogen-bond donors (Lipinski definition) is 3. The Bertz CT molecular complexity index is 2060. The van der Waals surface area contributed by atoms with Crippen LogP contribution in [-0.2, 0) is 9.59 Å². The Morgan fingerprint density at radius 2 is 1.42 bits per heavy atom. The van der Waals surface area contributed by atoms with Crippen LogP contribution in [0, 0.1) is 0 Å². The summed E-state index contributed by atoms with van der Waals surface area (Å²) in [5, 5.41) is 8.68. The number of amides is 3. The lowest BCUT2D eigenvalue weighted by molar-refractivity contribution is -0.115. The van der Waals surface area contributed by atoms with E-state index in [4.69, 9.17) is 16.0 Å². The average Bonchev–Trinajstić information content (AvgIpc) is 3.55. The zero-order chi connectivity index (χ0) is 33.5. The standard InChI is InChI=1S/C38H29ClN4O4S/c1-24(35(44)40-29-17-13-27(14-18-29)38-43-32-9-5-6-10-34(32)47-38)48-31-21-19-30(20-22-31)41-37(46)33(23-25-11-15-28(39)16-12-25)42-36(45)26-7-3-2-4-8-26/h2-24H,1H3,(H,40,44)(H,41,46)(H,42,45)/b33-23-. The van der Waals surface area contributed by atoms with Gasteiger partial charge < -0.3 is 20.4 Å². The molecule has 0 aliphatic heterocycles. The fourth-order valence-electron chi connectivity index (χ4n) is 4.68. The first-order chi connectivity index (χ1) is 23.3. The number of anilines is 2. The molecule has 0 aliphatic carbocycles. The largest absolute Gasteiger partial charge is 0.436 e. The van der Waals surface area contributed by atoms with E-state index in [1.165, 1.54) is 11.8 Å². The molecule has 1 heterocycles. The highest BCUT2D eigenvalue weighted by Gasteiger charge is 2.17. The van der Waals surface area contributed by atoms with Gasteiger partial charge in [-0.3, -0.25) is 14.4 Å². The van der Waals surface area contributed by atoms with Gasteiger partial charge in [-0.05, 0) is 103 Å². The number of carbonyl (C=O) groups excluding carboxylic acids is 3. The number of nitrogens with one attached hydrogen (secondary N) is 3. The van der Waals surface area contributed by atoms with Crippen LogP contribution >= 0.6 is 23.4 Å². The van der Waals surface area contributed by atoms with Crippen molar-refractivity contribution in [3.63, 3.8) is 0 Å². The first-order valence-electron chi connectivity index (χ1n) is 15.0. The summed E-state index contributed by atoms with van der Waals surface area (Å²) in [5.41, 5.74) is 4.67. The van der Waals surface area contributed by atoms with Gasteiger partial charge in [-0.25, -0.2) is 4.98 Å². The molecule has 3 amide bonds. The monoisotopic (exact) mass is 672 g/mol. The predicted octanol–water partition coefficient (Wildman–Crippen LogP) is 8.68. The summed E-state index contributed by atoms with van der Waals surface area (Å²) >= 11 is 7.40. The van der Waals surface area contributed by atoms with Gasteiger partial charge in [-0.2, -0.15) is 0 Å². The van der Waals surface area contributed by atoms with Crippen LogP contribution in [-0.4, -0.2) is 28.0 Å². The molecule has 238 valence electrons. The van der Waals surface area contributed by atoms with E-state index in [9.17, 15) is 14.4 Å². The van der Waals surface area contributed by atoms with Gasteiger partial charge in [0.05, 0.1) is 5.25 Å². The van der Waals surface area contributed by atoms with Gasteiger partial charge in [-0.1, -0.05) is 54.1 Å². The van der Waals surface area contributed by atoms with Crippen LogP contribution < -0.4 is 16.0 Å². The van der Waals surface area contributed by atoms with Crippen molar-refractivity contribution in [2.24, 2.45) is 0 Å². The molecule has 0 saturated carbocycles. The lowest BCUT2D eigenvalue weighted by atomic mass is 10.1. The first-order valence-corrected chi connectivity index (χ1v) is 16.2. The lowest BCUT2D eigenvalue weighted by Crippen LogP contribution is -2.30. The van der Waals surface area contributed by atoms with E-state index < -0.39 is 17.1 Å². The number of carbonyl (C=O) groups is 3. The molecule has 0 fully saturated rings. The van der Waals surface area contributed by atoms with E-state index in [-0.39, 0.29) is 11.6 Å². The second-order valence-electron chi connectivity index (χ2n) is 10.7. The second kappa shape index (κ2) is 14.8. The van der Waals surface area contributed by atoms with Gasteiger partial charge in [0, 0.05) is 32.4 Å². The Kier molecular flexibility index (Phi) is 9.99. The fraction of sp³-hybridized carbons (Fsp3) is 0.0526. The zero-order valence-electron chi connectivity index (χ0n) is 25.6. The molecule has 0 radical (unpaired) electrons. The van der Waals surface area contributed by atoms with Crippen LogP contribution in [0.15, 0.2) is 142 Å². The number of benzene rings is 5. The van der Waals surface area contributed by atoms with Gasteiger partial charge in [0.25, 0.3) is 11.8 Å². The number of thioether (sulfide) groups is 1. The van der Waals surface area contributed by atoms with Crippen molar-refractivity contribution in [1.29, 1.82) is 0 Å². The molecule has 6 rings (SSSR count). The molecule has 0 spiro atoms. The molecule has 1 atom stereocenters. The highest BCUT2D eigenvalue weighted by molar-refractivity contribution is 8.00. The summed E-state index contributed by atoms with van der Waals surface area (Å²) in [7, 11) is 0. The van der Waals surface area contributed by atoms with Gasteiger partial charge >= 0.3 is 0 Å². The highest BCUT2D eigenvalue weighted by atomic mass is 35.5. The Morgan fingerprint density at radius 3 is 2.12 bits per heavy atom. The smallest absolute Gasteiger partial charge is 0.272 e. The minimum atomic E-state index is -0.496. The molecule has 0 saturated heterocycles.